The van der Waals surface area contributed by atoms with Crippen LogP contribution in [0.2, 0.25) is 10.3 Å². The van der Waals surface area contributed by atoms with Crippen LogP contribution in [0.4, 0.5) is 25.2 Å². The molecule has 2 saturated heterocycles. The van der Waals surface area contributed by atoms with E-state index >= 15 is 0 Å². The maximum absolute atomic E-state index is 14.8. The molecule has 2 atom stereocenters. The third-order valence-electron chi connectivity index (χ3n) is 12.1. The molecule has 8 heterocycles. The third-order valence-corrected chi connectivity index (χ3v) is 12.6. The predicted octanol–water partition coefficient (Wildman–Crippen LogP) is 9.96. The lowest BCUT2D eigenvalue weighted by molar-refractivity contribution is 0.0225. The lowest BCUT2D eigenvalue weighted by atomic mass is 10.0. The summed E-state index contributed by atoms with van der Waals surface area (Å²) in [5.41, 5.74) is 2.92. The highest BCUT2D eigenvalue weighted by Gasteiger charge is 2.34. The zero-order valence-electron chi connectivity index (χ0n) is 40.4. The van der Waals surface area contributed by atoms with Crippen molar-refractivity contribution in [1.82, 2.24) is 43.9 Å². The second-order valence-electron chi connectivity index (χ2n) is 18.8. The van der Waals surface area contributed by atoms with E-state index in [1.807, 2.05) is 63.5 Å². The number of anilines is 2. The first-order valence-corrected chi connectivity index (χ1v) is 23.7. The number of piperazine rings is 1. The van der Waals surface area contributed by atoms with Crippen molar-refractivity contribution in [2.24, 2.45) is 0 Å². The highest BCUT2D eigenvalue weighted by molar-refractivity contribution is 6.30. The number of rotatable bonds is 8. The monoisotopic (exact) mass is 983 g/mol. The minimum atomic E-state index is -0.734. The molecule has 2 aliphatic rings. The smallest absolute Gasteiger partial charge is 0.410 e. The summed E-state index contributed by atoms with van der Waals surface area (Å²) in [7, 11) is 0. The number of halogens is 4. The summed E-state index contributed by atoms with van der Waals surface area (Å²) in [6.07, 6.45) is 9.39. The fraction of sp³-hybridized carbons (Fsp3) is 0.420. The van der Waals surface area contributed by atoms with Crippen molar-refractivity contribution in [2.75, 3.05) is 36.0 Å². The number of pyridine rings is 4. The van der Waals surface area contributed by atoms with Crippen LogP contribution < -0.4 is 21.2 Å². The van der Waals surface area contributed by atoms with Crippen molar-refractivity contribution in [2.45, 2.75) is 111 Å². The molecule has 6 aromatic heterocycles. The molecule has 15 nitrogen and oxygen atoms in total. The molecule has 69 heavy (non-hydrogen) atoms. The first-order chi connectivity index (χ1) is 32.6. The van der Waals surface area contributed by atoms with Gasteiger partial charge in [0.15, 0.2) is 33.2 Å². The molecule has 6 aromatic rings. The van der Waals surface area contributed by atoms with E-state index in [9.17, 15) is 23.2 Å². The van der Waals surface area contributed by atoms with E-state index in [1.165, 1.54) is 21.3 Å². The number of carbonyl (C=O) groups is 1. The number of aromatic nitrogens is 8. The van der Waals surface area contributed by atoms with E-state index in [2.05, 4.69) is 43.1 Å². The van der Waals surface area contributed by atoms with Gasteiger partial charge in [-0.05, 0) is 101 Å². The summed E-state index contributed by atoms with van der Waals surface area (Å²) < 4.78 is 37.6. The molecule has 0 radical (unpaired) electrons. The Morgan fingerprint density at radius 1 is 0.739 bits per heavy atom. The van der Waals surface area contributed by atoms with Gasteiger partial charge >= 0.3 is 17.5 Å². The number of piperidine rings is 1. The van der Waals surface area contributed by atoms with Crippen LogP contribution in [0.5, 0.6) is 0 Å². The van der Waals surface area contributed by atoms with Gasteiger partial charge in [-0.2, -0.15) is 9.97 Å². The lowest BCUT2D eigenvalue weighted by Gasteiger charge is -2.41. The Bertz CT molecular complexity index is 3100. The van der Waals surface area contributed by atoms with E-state index in [0.717, 1.165) is 36.1 Å². The topological polar surface area (TPSA) is 157 Å². The Morgan fingerprint density at radius 2 is 1.20 bits per heavy atom. The molecular weight excluding hydrogens is 928 g/mol. The van der Waals surface area contributed by atoms with Crippen LogP contribution in [0.1, 0.15) is 102 Å². The molecule has 2 aliphatic heterocycles. The van der Waals surface area contributed by atoms with E-state index in [-0.39, 0.29) is 51.8 Å². The number of fused-ring (bicyclic) bond motifs is 2. The van der Waals surface area contributed by atoms with Gasteiger partial charge in [0, 0.05) is 44.6 Å². The first-order valence-electron chi connectivity index (χ1n) is 22.9. The zero-order valence-corrected chi connectivity index (χ0v) is 41.9. The molecule has 0 bridgehead atoms. The van der Waals surface area contributed by atoms with Crippen LogP contribution in [0.3, 0.4) is 0 Å². The Balaban J connectivity index is 0.000000208. The molecule has 0 aromatic carbocycles. The standard InChI is InChI=1S/C27H32ClFN6O3.C23H25ClFN5O/c1-8-17-14-33(26(37)38-27(5,6)7)11-12-34(17)23-18-13-19(29)22(28)31-24(18)35(25(36)32-23)21-16(4)9-10-30-20(21)15(2)3;1-5-15-8-6-7-11-29(15)21-16-12-17(25)20(24)27-22(16)30(23(31)28-21)19-14(4)9-10-26-18(19)13(2)3/h8-10,13,15,17H,1,11-12,14H2,2-7H3;5,9-10,12-13,15H,1,6-8,11H2,2-4H3. The minimum absolute atomic E-state index is 0.00600. The maximum Gasteiger partial charge on any atom is 0.410 e. The molecule has 364 valence electrons. The Morgan fingerprint density at radius 3 is 1.64 bits per heavy atom. The first kappa shape index (κ1) is 50.5. The summed E-state index contributed by atoms with van der Waals surface area (Å²) in [5, 5.41) is 0.102. The van der Waals surface area contributed by atoms with Gasteiger partial charge in [-0.25, -0.2) is 42.3 Å². The molecule has 2 unspecified atom stereocenters. The summed E-state index contributed by atoms with van der Waals surface area (Å²) >= 11 is 12.2. The highest BCUT2D eigenvalue weighted by atomic mass is 35.5. The van der Waals surface area contributed by atoms with Gasteiger partial charge in [0.2, 0.25) is 0 Å². The maximum atomic E-state index is 14.8. The van der Waals surface area contributed by atoms with Crippen LogP contribution >= 0.6 is 23.2 Å². The summed E-state index contributed by atoms with van der Waals surface area (Å²) in [4.78, 5) is 71.6. The highest BCUT2D eigenvalue weighted by Crippen LogP contribution is 2.35. The molecule has 2 fully saturated rings. The van der Waals surface area contributed by atoms with Crippen LogP contribution in [-0.2, 0) is 4.74 Å². The number of aryl methyl sites for hydroxylation is 2. The number of hydrogen-bond donors (Lipinski definition) is 0. The van der Waals surface area contributed by atoms with Gasteiger partial charge in [-0.15, -0.1) is 13.2 Å². The van der Waals surface area contributed by atoms with Crippen molar-refractivity contribution in [1.29, 1.82) is 0 Å². The van der Waals surface area contributed by atoms with Gasteiger partial charge in [0.25, 0.3) is 0 Å². The van der Waals surface area contributed by atoms with Crippen LogP contribution in [0, 0.1) is 25.5 Å². The molecular formula is C50H57Cl2F2N11O4. The van der Waals surface area contributed by atoms with E-state index in [4.69, 9.17) is 27.9 Å². The predicted molar refractivity (Wildman–Crippen MR) is 268 cm³/mol. The third kappa shape index (κ3) is 10.2. The van der Waals surface area contributed by atoms with Gasteiger partial charge in [0.05, 0.1) is 39.6 Å². The Labute approximate surface area is 409 Å². The normalized spacial score (nSPS) is 16.5. The molecule has 0 N–H and O–H groups in total. The van der Waals surface area contributed by atoms with Crippen molar-refractivity contribution in [3.63, 3.8) is 0 Å². The number of amides is 1. The number of ether oxygens (including phenoxy) is 1. The molecule has 8 rings (SSSR count). The van der Waals surface area contributed by atoms with Crippen molar-refractivity contribution < 1.29 is 18.3 Å². The van der Waals surface area contributed by atoms with Crippen LogP contribution in [0.15, 0.2) is 71.6 Å². The van der Waals surface area contributed by atoms with Gasteiger partial charge in [0.1, 0.15) is 17.2 Å². The Kier molecular flexibility index (Phi) is 14.9. The molecule has 1 amide bonds. The summed E-state index contributed by atoms with van der Waals surface area (Å²) in [5.74, 6) is -0.681. The van der Waals surface area contributed by atoms with Gasteiger partial charge in [-0.3, -0.25) is 9.97 Å². The molecule has 0 saturated carbocycles. The lowest BCUT2D eigenvalue weighted by Crippen LogP contribution is -2.55. The average molecular weight is 985 g/mol. The fourth-order valence-corrected chi connectivity index (χ4v) is 9.08. The summed E-state index contributed by atoms with van der Waals surface area (Å²) in [6.45, 7) is 26.6. The second kappa shape index (κ2) is 20.3. The molecule has 0 spiro atoms. The number of nitrogens with zero attached hydrogens (tertiary/aromatic N) is 11. The zero-order chi connectivity index (χ0) is 50.2. The average Bonchev–Trinajstić information content (AvgIpc) is 3.29. The van der Waals surface area contributed by atoms with E-state index in [0.29, 0.717) is 53.3 Å². The minimum Gasteiger partial charge on any atom is -0.444 e. The van der Waals surface area contributed by atoms with Crippen molar-refractivity contribution in [3.05, 3.63) is 127 Å². The van der Waals surface area contributed by atoms with Crippen molar-refractivity contribution in [3.8, 4) is 11.4 Å². The van der Waals surface area contributed by atoms with Gasteiger partial charge < -0.3 is 19.4 Å². The SMILES string of the molecule is C=CC1CCCCN1c1nc(=O)n(-c2c(C)ccnc2C(C)C)c2nc(Cl)c(F)cc12.C=CC1CN(C(=O)OC(C)(C)C)CCN1c1nc(=O)n(-c2c(C)ccnc2C(C)C)c2nc(Cl)c(F)cc12. The quantitative estimate of drug-likeness (QED) is 0.105. The molecule has 0 aliphatic carbocycles. The fourth-order valence-electron chi connectivity index (χ4n) is 8.81. The number of carbonyl (C=O) groups excluding carboxylic acids is 1. The van der Waals surface area contributed by atoms with Crippen LogP contribution in [-0.4, -0.2) is 93.9 Å². The van der Waals surface area contributed by atoms with Crippen molar-refractivity contribution >= 4 is 63.0 Å². The Hall–Kier alpha value is -6.33. The summed E-state index contributed by atoms with van der Waals surface area (Å²) in [6, 6.07) is 5.79. The van der Waals surface area contributed by atoms with E-state index < -0.39 is 40.8 Å². The van der Waals surface area contributed by atoms with Crippen LogP contribution in [0.25, 0.3) is 33.4 Å². The molecule has 19 heteroatoms. The van der Waals surface area contributed by atoms with Gasteiger partial charge in [-0.1, -0.05) is 63.0 Å². The largest absolute Gasteiger partial charge is 0.444 e. The second-order valence-corrected chi connectivity index (χ2v) is 19.5. The number of hydrogen-bond acceptors (Lipinski definition) is 12. The van der Waals surface area contributed by atoms with E-state index in [1.54, 1.807) is 50.2 Å².